The highest BCUT2D eigenvalue weighted by Gasteiger charge is 2.69. The van der Waals surface area contributed by atoms with E-state index in [2.05, 4.69) is 13.8 Å². The van der Waals surface area contributed by atoms with Gasteiger partial charge in [0.15, 0.2) is 11.9 Å². The van der Waals surface area contributed by atoms with Crippen molar-refractivity contribution in [1.82, 2.24) is 0 Å². The van der Waals surface area contributed by atoms with Crippen LogP contribution in [0.1, 0.15) is 52.9 Å². The van der Waals surface area contributed by atoms with Crippen molar-refractivity contribution >= 4 is 11.8 Å². The number of aliphatic hydroxyl groups is 1. The van der Waals surface area contributed by atoms with Crippen molar-refractivity contribution in [3.05, 3.63) is 0 Å². The Morgan fingerprint density at radius 3 is 2.75 bits per heavy atom. The molecule has 4 aliphatic heterocycles. The molecule has 4 heterocycles. The van der Waals surface area contributed by atoms with E-state index < -0.39 is 11.4 Å². The zero-order valence-electron chi connectivity index (χ0n) is 14.9. The van der Waals surface area contributed by atoms with E-state index in [0.29, 0.717) is 23.7 Å². The molecule has 138 valence electrons. The van der Waals surface area contributed by atoms with Crippen molar-refractivity contribution in [1.29, 1.82) is 0 Å². The summed E-state index contributed by atoms with van der Waals surface area (Å²) in [7, 11) is 0. The summed E-state index contributed by atoms with van der Waals surface area (Å²) in [6, 6.07) is 0. The second-order valence-corrected chi connectivity index (χ2v) is 9.43. The molecule has 8 atom stereocenters. The van der Waals surface area contributed by atoms with Crippen molar-refractivity contribution in [2.24, 2.45) is 23.7 Å². The maximum atomic E-state index is 9.06. The van der Waals surface area contributed by atoms with E-state index in [9.17, 15) is 0 Å². The molecule has 5 aliphatic rings. The van der Waals surface area contributed by atoms with Gasteiger partial charge in [-0.25, -0.2) is 9.78 Å². The summed E-state index contributed by atoms with van der Waals surface area (Å²) in [4.78, 5) is 12.0. The molecule has 24 heavy (non-hydrogen) atoms. The number of aliphatic hydroxyl groups excluding tert-OH is 1. The quantitative estimate of drug-likeness (QED) is 0.615. The van der Waals surface area contributed by atoms with Crippen LogP contribution < -0.4 is 0 Å². The molecule has 0 aromatic rings. The third kappa shape index (κ3) is 2.57. The van der Waals surface area contributed by atoms with Gasteiger partial charge in [-0.3, -0.25) is 0 Å². The molecule has 1 saturated carbocycles. The van der Waals surface area contributed by atoms with Crippen LogP contribution in [0.25, 0.3) is 0 Å². The smallest absolute Gasteiger partial charge is 0.201 e. The standard InChI is InChI=1S/C18H30O5S/c1-11-5-6-14-12(2)15(24-10-4-9-19)20-16-18(14)13(11)7-8-17(3,21-16)22-23-18/h11-16,19H,4-10H2,1-3H3/t11-,12-,13+,14+,15+,16-,17-,18-/m1/s1. The summed E-state index contributed by atoms with van der Waals surface area (Å²) >= 11 is 1.80. The zero-order valence-corrected chi connectivity index (χ0v) is 15.7. The molecule has 0 aromatic heterocycles. The molecule has 6 heteroatoms. The van der Waals surface area contributed by atoms with Crippen molar-refractivity contribution < 1.29 is 24.4 Å². The van der Waals surface area contributed by atoms with E-state index in [1.54, 1.807) is 11.8 Å². The predicted octanol–water partition coefficient (Wildman–Crippen LogP) is 3.31. The zero-order chi connectivity index (χ0) is 16.9. The Morgan fingerprint density at radius 1 is 1.12 bits per heavy atom. The first kappa shape index (κ1) is 17.6. The second kappa shape index (κ2) is 6.39. The van der Waals surface area contributed by atoms with Gasteiger partial charge < -0.3 is 14.6 Å². The fourth-order valence-electron chi connectivity index (χ4n) is 5.33. The molecular formula is C18H30O5S. The minimum Gasteiger partial charge on any atom is -0.396 e. The highest BCUT2D eigenvalue weighted by Crippen LogP contribution is 2.61. The molecule has 5 fully saturated rings. The lowest BCUT2D eigenvalue weighted by atomic mass is 9.58. The number of hydrogen-bond acceptors (Lipinski definition) is 6. The average molecular weight is 359 g/mol. The molecule has 5 rings (SSSR count). The van der Waals surface area contributed by atoms with E-state index in [-0.39, 0.29) is 18.3 Å². The van der Waals surface area contributed by atoms with Gasteiger partial charge in [0.2, 0.25) is 5.79 Å². The molecule has 1 aliphatic carbocycles. The molecular weight excluding hydrogens is 328 g/mol. The van der Waals surface area contributed by atoms with Crippen LogP contribution in [0, 0.1) is 23.7 Å². The number of rotatable bonds is 4. The van der Waals surface area contributed by atoms with E-state index >= 15 is 0 Å². The molecule has 0 aromatic carbocycles. The number of fused-ring (bicyclic) bond motifs is 2. The first-order valence-corrected chi connectivity index (χ1v) is 10.5. The summed E-state index contributed by atoms with van der Waals surface area (Å²) in [5.74, 6) is 2.02. The SMILES string of the molecule is C[C@H]1[C@H](SCCCO)O[C@@H]2O[C@@]3(C)CC[C@H]4[C@H](C)CC[C@@H]1[C@@]24OO3. The fraction of sp³-hybridized carbons (Fsp3) is 1.00. The second-order valence-electron chi connectivity index (χ2n) is 8.22. The van der Waals surface area contributed by atoms with Crippen LogP contribution in [-0.2, 0) is 19.2 Å². The molecule has 2 bridgehead atoms. The number of hydrogen-bond donors (Lipinski definition) is 1. The lowest BCUT2D eigenvalue weighted by Gasteiger charge is -2.60. The predicted molar refractivity (Wildman–Crippen MR) is 91.0 cm³/mol. The van der Waals surface area contributed by atoms with Gasteiger partial charge in [0.25, 0.3) is 0 Å². The first-order valence-electron chi connectivity index (χ1n) is 9.43. The van der Waals surface area contributed by atoms with Gasteiger partial charge in [0.05, 0.1) is 0 Å². The van der Waals surface area contributed by atoms with Gasteiger partial charge in [-0.15, -0.1) is 11.8 Å². The highest BCUT2D eigenvalue weighted by molar-refractivity contribution is 7.99. The van der Waals surface area contributed by atoms with Gasteiger partial charge in [-0.2, -0.15) is 0 Å². The molecule has 5 nitrogen and oxygen atoms in total. The lowest BCUT2D eigenvalue weighted by Crippen LogP contribution is -2.70. The summed E-state index contributed by atoms with van der Waals surface area (Å²) in [5.41, 5.74) is -0.362. The first-order chi connectivity index (χ1) is 11.5. The third-order valence-corrected chi connectivity index (χ3v) is 8.08. The minimum absolute atomic E-state index is 0.0952. The minimum atomic E-state index is -0.696. The molecule has 1 N–H and O–H groups in total. The summed E-state index contributed by atoms with van der Waals surface area (Å²) in [5, 5.41) is 9.06. The normalized spacial score (nSPS) is 53.5. The van der Waals surface area contributed by atoms with Crippen LogP contribution in [0.5, 0.6) is 0 Å². The van der Waals surface area contributed by atoms with Crippen LogP contribution in [0.3, 0.4) is 0 Å². The maximum absolute atomic E-state index is 9.06. The van der Waals surface area contributed by atoms with Crippen molar-refractivity contribution in [2.75, 3.05) is 12.4 Å². The molecule has 0 radical (unpaired) electrons. The third-order valence-electron chi connectivity index (χ3n) is 6.68. The van der Waals surface area contributed by atoms with E-state index in [1.165, 1.54) is 6.42 Å². The largest absolute Gasteiger partial charge is 0.396 e. The molecule has 4 saturated heterocycles. The van der Waals surface area contributed by atoms with Crippen molar-refractivity contribution in [2.45, 2.75) is 76.0 Å². The Bertz CT molecular complexity index is 476. The Balaban J connectivity index is 1.64. The summed E-state index contributed by atoms with van der Waals surface area (Å²) in [6.07, 6.45) is 4.76. The van der Waals surface area contributed by atoms with Crippen LogP contribution in [0.15, 0.2) is 0 Å². The summed E-state index contributed by atoms with van der Waals surface area (Å²) < 4.78 is 12.8. The maximum Gasteiger partial charge on any atom is 0.201 e. The van der Waals surface area contributed by atoms with Crippen LogP contribution >= 0.6 is 11.8 Å². The van der Waals surface area contributed by atoms with Gasteiger partial charge in [0, 0.05) is 18.9 Å². The van der Waals surface area contributed by atoms with E-state index in [1.807, 2.05) is 6.92 Å². The lowest BCUT2D eigenvalue weighted by molar-refractivity contribution is -0.568. The topological polar surface area (TPSA) is 57.2 Å². The Morgan fingerprint density at radius 2 is 1.96 bits per heavy atom. The Hall–Kier alpha value is 0.150. The van der Waals surface area contributed by atoms with E-state index in [0.717, 1.165) is 31.4 Å². The highest BCUT2D eigenvalue weighted by atomic mass is 32.2. The fourth-order valence-corrected chi connectivity index (χ4v) is 6.53. The van der Waals surface area contributed by atoms with Crippen molar-refractivity contribution in [3.63, 3.8) is 0 Å². The number of ether oxygens (including phenoxy) is 2. The monoisotopic (exact) mass is 358 g/mol. The number of thioether (sulfide) groups is 1. The van der Waals surface area contributed by atoms with Gasteiger partial charge >= 0.3 is 0 Å². The van der Waals surface area contributed by atoms with Gasteiger partial charge in [0.1, 0.15) is 5.44 Å². The van der Waals surface area contributed by atoms with Crippen LogP contribution in [-0.4, -0.2) is 40.6 Å². The Kier molecular flexibility index (Phi) is 4.68. The van der Waals surface area contributed by atoms with E-state index in [4.69, 9.17) is 24.4 Å². The van der Waals surface area contributed by atoms with Gasteiger partial charge in [-0.1, -0.05) is 13.8 Å². The van der Waals surface area contributed by atoms with Crippen molar-refractivity contribution in [3.8, 4) is 0 Å². The average Bonchev–Trinajstić information content (AvgIpc) is 2.78. The summed E-state index contributed by atoms with van der Waals surface area (Å²) in [6.45, 7) is 6.81. The van der Waals surface area contributed by atoms with Crippen LogP contribution in [0.4, 0.5) is 0 Å². The molecule has 0 amide bonds. The Labute approximate surface area is 148 Å². The molecule has 1 spiro atoms. The van der Waals surface area contributed by atoms with Gasteiger partial charge in [-0.05, 0) is 56.1 Å². The van der Waals surface area contributed by atoms with Crippen LogP contribution in [0.2, 0.25) is 0 Å². The molecule has 0 unspecified atom stereocenters.